The molecule has 1 aromatic rings. The van der Waals surface area contributed by atoms with E-state index in [1.54, 1.807) is 6.20 Å². The maximum atomic E-state index is 6.09. The van der Waals surface area contributed by atoms with Crippen LogP contribution in [0.5, 0.6) is 5.88 Å². The summed E-state index contributed by atoms with van der Waals surface area (Å²) in [5.74, 6) is 2.00. The first-order valence-corrected chi connectivity index (χ1v) is 7.30. The fraction of sp³-hybridized carbons (Fsp3) is 0.600. The molecular weight excluding hydrogens is 256 g/mol. The van der Waals surface area contributed by atoms with E-state index in [4.69, 9.17) is 22.7 Å². The Balaban J connectivity index is 2.19. The van der Waals surface area contributed by atoms with E-state index >= 15 is 0 Å². The van der Waals surface area contributed by atoms with Gasteiger partial charge < -0.3 is 10.5 Å². The fourth-order valence-corrected chi connectivity index (χ4v) is 3.30. The van der Waals surface area contributed by atoms with Crippen molar-refractivity contribution in [2.75, 3.05) is 0 Å². The Labute approximate surface area is 120 Å². The number of nitrogens with two attached hydrogens (primary N) is 1. The van der Waals surface area contributed by atoms with Gasteiger partial charge in [0.25, 0.3) is 0 Å². The van der Waals surface area contributed by atoms with Gasteiger partial charge in [0, 0.05) is 6.20 Å². The summed E-state index contributed by atoms with van der Waals surface area (Å²) in [6.07, 6.45) is 5.42. The topological polar surface area (TPSA) is 48.1 Å². The molecule has 2 rings (SSSR count). The molecule has 2 N–H and O–H groups in total. The van der Waals surface area contributed by atoms with Crippen LogP contribution in [0.3, 0.4) is 0 Å². The molecule has 4 heteroatoms. The van der Waals surface area contributed by atoms with Crippen molar-refractivity contribution in [2.45, 2.75) is 46.1 Å². The quantitative estimate of drug-likeness (QED) is 0.862. The first kappa shape index (κ1) is 14.3. The second-order valence-electron chi connectivity index (χ2n) is 5.83. The van der Waals surface area contributed by atoms with Gasteiger partial charge in [-0.2, -0.15) is 0 Å². The van der Waals surface area contributed by atoms with E-state index in [-0.39, 0.29) is 6.10 Å². The third-order valence-corrected chi connectivity index (χ3v) is 3.99. The Morgan fingerprint density at radius 1 is 1.32 bits per heavy atom. The van der Waals surface area contributed by atoms with Crippen LogP contribution in [-0.4, -0.2) is 16.1 Å². The Morgan fingerprint density at radius 3 is 2.53 bits per heavy atom. The average Bonchev–Trinajstić information content (AvgIpc) is 2.26. The van der Waals surface area contributed by atoms with Gasteiger partial charge in [-0.05, 0) is 49.7 Å². The van der Waals surface area contributed by atoms with Gasteiger partial charge >= 0.3 is 0 Å². The van der Waals surface area contributed by atoms with Crippen molar-refractivity contribution >= 4 is 17.2 Å². The van der Waals surface area contributed by atoms with E-state index in [2.05, 4.69) is 18.8 Å². The molecule has 1 aliphatic carbocycles. The lowest BCUT2D eigenvalue weighted by molar-refractivity contribution is 0.0965. The number of hydrogen-bond donors (Lipinski definition) is 1. The number of hydrogen-bond acceptors (Lipinski definition) is 3. The third kappa shape index (κ3) is 3.44. The zero-order valence-electron chi connectivity index (χ0n) is 11.8. The molecule has 1 aromatic heterocycles. The van der Waals surface area contributed by atoms with Gasteiger partial charge in [0.1, 0.15) is 11.1 Å². The number of thiocarbonyl (C=S) groups is 1. The zero-order chi connectivity index (χ0) is 14.0. The van der Waals surface area contributed by atoms with Crippen LogP contribution in [0.25, 0.3) is 0 Å². The number of ether oxygens (including phenoxy) is 1. The van der Waals surface area contributed by atoms with Crippen molar-refractivity contribution in [1.82, 2.24) is 4.98 Å². The number of rotatable bonds is 3. The van der Waals surface area contributed by atoms with E-state index < -0.39 is 0 Å². The minimum atomic E-state index is 0.223. The van der Waals surface area contributed by atoms with Gasteiger partial charge in [0.15, 0.2) is 0 Å². The molecule has 0 amide bonds. The van der Waals surface area contributed by atoms with Gasteiger partial charge in [0.2, 0.25) is 5.88 Å². The molecule has 1 aliphatic rings. The summed E-state index contributed by atoms with van der Waals surface area (Å²) >= 11 is 5.11. The molecule has 0 spiro atoms. The van der Waals surface area contributed by atoms with E-state index in [0.717, 1.165) is 24.0 Å². The molecule has 1 saturated carbocycles. The first-order chi connectivity index (χ1) is 8.97. The monoisotopic (exact) mass is 278 g/mol. The van der Waals surface area contributed by atoms with Gasteiger partial charge in [0.05, 0.1) is 5.56 Å². The Bertz CT molecular complexity index is 465. The summed E-state index contributed by atoms with van der Waals surface area (Å²) in [6, 6.07) is 1.91. The predicted molar refractivity (Wildman–Crippen MR) is 81.5 cm³/mol. The minimum Gasteiger partial charge on any atom is -0.474 e. The van der Waals surface area contributed by atoms with Gasteiger partial charge in [-0.1, -0.05) is 26.1 Å². The number of pyridine rings is 1. The second kappa shape index (κ2) is 5.87. The van der Waals surface area contributed by atoms with Crippen LogP contribution in [0, 0.1) is 18.8 Å². The molecular formula is C15H22N2OS. The molecule has 0 bridgehead atoms. The standard InChI is InChI=1S/C15H22N2OS/c1-9-6-10(2)8-12(7-9)18-15-13(14(16)19)11(3)4-5-17-15/h4-5,9-10,12H,6-8H2,1-3H3,(H2,16,19). The lowest BCUT2D eigenvalue weighted by atomic mass is 9.82. The first-order valence-electron chi connectivity index (χ1n) is 6.89. The van der Waals surface area contributed by atoms with Crippen molar-refractivity contribution in [3.63, 3.8) is 0 Å². The Morgan fingerprint density at radius 2 is 1.95 bits per heavy atom. The summed E-state index contributed by atoms with van der Waals surface area (Å²) in [4.78, 5) is 4.67. The molecule has 1 heterocycles. The van der Waals surface area contributed by atoms with Crippen molar-refractivity contribution in [3.8, 4) is 5.88 Å². The van der Waals surface area contributed by atoms with Crippen molar-refractivity contribution < 1.29 is 4.74 Å². The lowest BCUT2D eigenvalue weighted by Crippen LogP contribution is -2.29. The van der Waals surface area contributed by atoms with Crippen molar-refractivity contribution in [3.05, 3.63) is 23.4 Å². The number of aromatic nitrogens is 1. The van der Waals surface area contributed by atoms with E-state index in [1.807, 2.05) is 13.0 Å². The molecule has 0 saturated heterocycles. The van der Waals surface area contributed by atoms with Crippen LogP contribution in [0.15, 0.2) is 12.3 Å². The highest BCUT2D eigenvalue weighted by molar-refractivity contribution is 7.80. The maximum Gasteiger partial charge on any atom is 0.224 e. The van der Waals surface area contributed by atoms with Gasteiger partial charge in [-0.25, -0.2) is 4.98 Å². The van der Waals surface area contributed by atoms with Gasteiger partial charge in [-0.3, -0.25) is 0 Å². The van der Waals surface area contributed by atoms with E-state index in [1.165, 1.54) is 6.42 Å². The minimum absolute atomic E-state index is 0.223. The summed E-state index contributed by atoms with van der Waals surface area (Å²) in [6.45, 7) is 6.55. The highest BCUT2D eigenvalue weighted by Gasteiger charge is 2.26. The molecule has 3 nitrogen and oxygen atoms in total. The Kier molecular flexibility index (Phi) is 4.40. The van der Waals surface area contributed by atoms with Crippen molar-refractivity contribution in [2.24, 2.45) is 17.6 Å². The normalized spacial score (nSPS) is 27.0. The van der Waals surface area contributed by atoms with E-state index in [0.29, 0.717) is 22.7 Å². The highest BCUT2D eigenvalue weighted by atomic mass is 32.1. The van der Waals surface area contributed by atoms with Crippen molar-refractivity contribution in [1.29, 1.82) is 0 Å². The third-order valence-electron chi connectivity index (χ3n) is 3.78. The van der Waals surface area contributed by atoms with Crippen LogP contribution in [0.1, 0.15) is 44.2 Å². The van der Waals surface area contributed by atoms with E-state index in [9.17, 15) is 0 Å². The molecule has 19 heavy (non-hydrogen) atoms. The largest absolute Gasteiger partial charge is 0.474 e. The highest BCUT2D eigenvalue weighted by Crippen LogP contribution is 2.32. The SMILES string of the molecule is Cc1ccnc(OC2CC(C)CC(C)C2)c1C(N)=S. The van der Waals surface area contributed by atoms with Crippen LogP contribution >= 0.6 is 12.2 Å². The maximum absolute atomic E-state index is 6.09. The summed E-state index contributed by atoms with van der Waals surface area (Å²) in [7, 11) is 0. The summed E-state index contributed by atoms with van der Waals surface area (Å²) in [5, 5.41) is 0. The molecule has 0 radical (unpaired) electrons. The smallest absolute Gasteiger partial charge is 0.224 e. The molecule has 0 aliphatic heterocycles. The van der Waals surface area contributed by atoms with Crippen LogP contribution < -0.4 is 10.5 Å². The van der Waals surface area contributed by atoms with Crippen LogP contribution in [0.4, 0.5) is 0 Å². The lowest BCUT2D eigenvalue weighted by Gasteiger charge is -2.31. The van der Waals surface area contributed by atoms with Crippen LogP contribution in [0.2, 0.25) is 0 Å². The molecule has 1 fully saturated rings. The molecule has 0 aromatic carbocycles. The average molecular weight is 278 g/mol. The zero-order valence-corrected chi connectivity index (χ0v) is 12.7. The number of aryl methyl sites for hydroxylation is 1. The number of nitrogens with zero attached hydrogens (tertiary/aromatic N) is 1. The Hall–Kier alpha value is -1.16. The predicted octanol–water partition coefficient (Wildman–Crippen LogP) is 3.23. The fourth-order valence-electron chi connectivity index (χ4n) is 3.05. The summed E-state index contributed by atoms with van der Waals surface area (Å²) < 4.78 is 6.09. The summed E-state index contributed by atoms with van der Waals surface area (Å²) in [5.41, 5.74) is 7.59. The second-order valence-corrected chi connectivity index (χ2v) is 6.27. The van der Waals surface area contributed by atoms with Gasteiger partial charge in [-0.15, -0.1) is 0 Å². The van der Waals surface area contributed by atoms with Crippen LogP contribution in [-0.2, 0) is 0 Å². The molecule has 2 unspecified atom stereocenters. The molecule has 2 atom stereocenters. The molecule has 104 valence electrons.